The lowest BCUT2D eigenvalue weighted by Gasteiger charge is -2.41. The van der Waals surface area contributed by atoms with E-state index in [0.717, 1.165) is 59.0 Å². The number of hydrogen-bond donors (Lipinski definition) is 0. The highest BCUT2D eigenvalue weighted by Gasteiger charge is 2.28. The summed E-state index contributed by atoms with van der Waals surface area (Å²) < 4.78 is 5.37. The van der Waals surface area contributed by atoms with Crippen molar-refractivity contribution in [2.75, 3.05) is 59.0 Å². The van der Waals surface area contributed by atoms with E-state index >= 15 is 0 Å². The standard InChI is InChI=1S/C21H31N3O2/c25-21(7-8-22-13-15-26-16-14-22)24-11-9-23(10-12-24)20-6-5-18-3-1-2-4-19(18)17-20/h1-4,20H,5-17H2/t20-/m0/s1. The van der Waals surface area contributed by atoms with Crippen molar-refractivity contribution in [3.63, 3.8) is 0 Å². The van der Waals surface area contributed by atoms with Crippen molar-refractivity contribution >= 4 is 5.91 Å². The molecule has 2 heterocycles. The van der Waals surface area contributed by atoms with Crippen LogP contribution in [0.15, 0.2) is 24.3 Å². The first-order valence-electron chi connectivity index (χ1n) is 10.2. The van der Waals surface area contributed by atoms with Gasteiger partial charge in [-0.05, 0) is 30.4 Å². The molecule has 1 aromatic carbocycles. The van der Waals surface area contributed by atoms with E-state index in [9.17, 15) is 4.79 Å². The van der Waals surface area contributed by atoms with E-state index in [4.69, 9.17) is 4.74 Å². The van der Waals surface area contributed by atoms with E-state index in [1.807, 2.05) is 0 Å². The highest BCUT2D eigenvalue weighted by atomic mass is 16.5. The van der Waals surface area contributed by atoms with Gasteiger partial charge in [-0.25, -0.2) is 0 Å². The van der Waals surface area contributed by atoms with E-state index < -0.39 is 0 Å². The molecular formula is C21H31N3O2. The summed E-state index contributed by atoms with van der Waals surface area (Å²) in [6.45, 7) is 8.23. The van der Waals surface area contributed by atoms with Crippen molar-refractivity contribution in [1.82, 2.24) is 14.7 Å². The number of morpholine rings is 1. The molecule has 26 heavy (non-hydrogen) atoms. The summed E-state index contributed by atoms with van der Waals surface area (Å²) in [6, 6.07) is 9.52. The molecule has 142 valence electrons. The van der Waals surface area contributed by atoms with E-state index in [2.05, 4.69) is 39.0 Å². The van der Waals surface area contributed by atoms with Crippen molar-refractivity contribution in [1.29, 1.82) is 0 Å². The molecule has 1 amide bonds. The van der Waals surface area contributed by atoms with Gasteiger partial charge in [-0.2, -0.15) is 0 Å². The molecule has 2 saturated heterocycles. The quantitative estimate of drug-likeness (QED) is 0.816. The Morgan fingerprint density at radius 1 is 1.00 bits per heavy atom. The zero-order chi connectivity index (χ0) is 17.8. The van der Waals surface area contributed by atoms with Gasteiger partial charge in [0.2, 0.25) is 5.91 Å². The summed E-state index contributed by atoms with van der Waals surface area (Å²) in [5, 5.41) is 0. The lowest BCUT2D eigenvalue weighted by molar-refractivity contribution is -0.133. The van der Waals surface area contributed by atoms with Crippen LogP contribution in [0.1, 0.15) is 24.0 Å². The molecule has 0 aromatic heterocycles. The third-order valence-electron chi connectivity index (χ3n) is 6.25. The number of rotatable bonds is 4. The fourth-order valence-electron chi connectivity index (χ4n) is 4.56. The van der Waals surface area contributed by atoms with Gasteiger partial charge in [0.15, 0.2) is 0 Å². The Kier molecular flexibility index (Phi) is 5.88. The molecule has 5 heteroatoms. The SMILES string of the molecule is O=C(CCN1CCOCC1)N1CCN([C@H]2CCc3ccccc3C2)CC1. The van der Waals surface area contributed by atoms with Crippen molar-refractivity contribution in [2.45, 2.75) is 31.7 Å². The first-order chi connectivity index (χ1) is 12.8. The van der Waals surface area contributed by atoms with Crippen molar-refractivity contribution in [3.05, 3.63) is 35.4 Å². The largest absolute Gasteiger partial charge is 0.379 e. The molecule has 0 saturated carbocycles. The molecular weight excluding hydrogens is 326 g/mol. The summed E-state index contributed by atoms with van der Waals surface area (Å²) in [6.07, 6.45) is 4.26. The second-order valence-electron chi connectivity index (χ2n) is 7.79. The normalized spacial score (nSPS) is 25.1. The van der Waals surface area contributed by atoms with Gasteiger partial charge in [-0.15, -0.1) is 0 Å². The molecule has 5 nitrogen and oxygen atoms in total. The highest BCUT2D eigenvalue weighted by Crippen LogP contribution is 2.25. The van der Waals surface area contributed by atoms with Crippen LogP contribution in [-0.4, -0.2) is 85.7 Å². The zero-order valence-electron chi connectivity index (χ0n) is 15.7. The second kappa shape index (κ2) is 8.51. The Labute approximate surface area is 156 Å². The molecule has 0 unspecified atom stereocenters. The highest BCUT2D eigenvalue weighted by molar-refractivity contribution is 5.76. The third-order valence-corrected chi connectivity index (χ3v) is 6.25. The second-order valence-corrected chi connectivity index (χ2v) is 7.79. The summed E-state index contributed by atoms with van der Waals surface area (Å²) in [5.74, 6) is 0.324. The van der Waals surface area contributed by atoms with Crippen LogP contribution < -0.4 is 0 Å². The molecule has 3 aliphatic rings. The van der Waals surface area contributed by atoms with Gasteiger partial charge >= 0.3 is 0 Å². The number of carbonyl (C=O) groups is 1. The van der Waals surface area contributed by atoms with Crippen LogP contribution in [0.2, 0.25) is 0 Å². The van der Waals surface area contributed by atoms with E-state index in [1.54, 1.807) is 0 Å². The van der Waals surface area contributed by atoms with Gasteiger partial charge in [-0.1, -0.05) is 24.3 Å². The number of fused-ring (bicyclic) bond motifs is 1. The lowest BCUT2D eigenvalue weighted by Crippen LogP contribution is -2.53. The Morgan fingerprint density at radius 2 is 1.73 bits per heavy atom. The van der Waals surface area contributed by atoms with E-state index in [0.29, 0.717) is 18.4 Å². The minimum absolute atomic E-state index is 0.324. The number of carbonyl (C=O) groups excluding carboxylic acids is 1. The van der Waals surface area contributed by atoms with E-state index in [-0.39, 0.29) is 0 Å². The first-order valence-corrected chi connectivity index (χ1v) is 10.2. The summed E-state index contributed by atoms with van der Waals surface area (Å²) in [4.78, 5) is 19.6. The number of amides is 1. The molecule has 2 aliphatic heterocycles. The number of ether oxygens (including phenoxy) is 1. The topological polar surface area (TPSA) is 36.0 Å². The fraction of sp³-hybridized carbons (Fsp3) is 0.667. The molecule has 0 N–H and O–H groups in total. The minimum atomic E-state index is 0.324. The molecule has 0 radical (unpaired) electrons. The zero-order valence-corrected chi connectivity index (χ0v) is 15.7. The van der Waals surface area contributed by atoms with Crippen molar-refractivity contribution in [3.8, 4) is 0 Å². The van der Waals surface area contributed by atoms with Crippen molar-refractivity contribution < 1.29 is 9.53 Å². The number of aryl methyl sites for hydroxylation is 1. The predicted molar refractivity (Wildman–Crippen MR) is 102 cm³/mol. The molecule has 0 bridgehead atoms. The van der Waals surface area contributed by atoms with Gasteiger partial charge in [0.25, 0.3) is 0 Å². The van der Waals surface area contributed by atoms with Crippen molar-refractivity contribution in [2.24, 2.45) is 0 Å². The average Bonchev–Trinajstić information content (AvgIpc) is 2.72. The summed E-state index contributed by atoms with van der Waals surface area (Å²) in [7, 11) is 0. The maximum absolute atomic E-state index is 12.5. The first kappa shape index (κ1) is 18.0. The fourth-order valence-corrected chi connectivity index (χ4v) is 4.56. The van der Waals surface area contributed by atoms with Gasteiger partial charge in [0.1, 0.15) is 0 Å². The van der Waals surface area contributed by atoms with Crippen LogP contribution in [0, 0.1) is 0 Å². The predicted octanol–water partition coefficient (Wildman–Crippen LogP) is 1.41. The van der Waals surface area contributed by atoms with Crippen LogP contribution in [-0.2, 0) is 22.4 Å². The van der Waals surface area contributed by atoms with Gasteiger partial charge in [-0.3, -0.25) is 14.6 Å². The Hall–Kier alpha value is -1.43. The van der Waals surface area contributed by atoms with E-state index in [1.165, 1.54) is 30.4 Å². The molecule has 4 rings (SSSR count). The Bertz CT molecular complexity index is 607. The van der Waals surface area contributed by atoms with Gasteiger partial charge in [0, 0.05) is 58.3 Å². The third kappa shape index (κ3) is 4.27. The summed E-state index contributed by atoms with van der Waals surface area (Å²) >= 11 is 0. The molecule has 0 spiro atoms. The Balaban J connectivity index is 1.22. The average molecular weight is 357 g/mol. The minimum Gasteiger partial charge on any atom is -0.379 e. The Morgan fingerprint density at radius 3 is 2.50 bits per heavy atom. The number of hydrogen-bond acceptors (Lipinski definition) is 4. The number of benzene rings is 1. The monoisotopic (exact) mass is 357 g/mol. The van der Waals surface area contributed by atoms with Crippen LogP contribution in [0.5, 0.6) is 0 Å². The van der Waals surface area contributed by atoms with Gasteiger partial charge < -0.3 is 9.64 Å². The van der Waals surface area contributed by atoms with Crippen LogP contribution in [0.25, 0.3) is 0 Å². The molecule has 1 aromatic rings. The molecule has 1 atom stereocenters. The maximum atomic E-state index is 12.5. The van der Waals surface area contributed by atoms with Crippen LogP contribution in [0.3, 0.4) is 0 Å². The summed E-state index contributed by atoms with van der Waals surface area (Å²) in [5.41, 5.74) is 3.05. The maximum Gasteiger partial charge on any atom is 0.223 e. The van der Waals surface area contributed by atoms with Crippen LogP contribution in [0.4, 0.5) is 0 Å². The lowest BCUT2D eigenvalue weighted by atomic mass is 9.87. The molecule has 1 aliphatic carbocycles. The van der Waals surface area contributed by atoms with Gasteiger partial charge in [0.05, 0.1) is 13.2 Å². The number of nitrogens with zero attached hydrogens (tertiary/aromatic N) is 3. The number of piperazine rings is 1. The molecule has 2 fully saturated rings. The smallest absolute Gasteiger partial charge is 0.223 e. The van der Waals surface area contributed by atoms with Crippen LogP contribution >= 0.6 is 0 Å².